The smallest absolute Gasteiger partial charge is 0.155 e. The number of aromatic nitrogens is 3. The van der Waals surface area contributed by atoms with Crippen molar-refractivity contribution in [2.75, 3.05) is 12.8 Å². The van der Waals surface area contributed by atoms with E-state index in [1.807, 2.05) is 32.0 Å². The fraction of sp³-hybridized carbons (Fsp3) is 0.308. The fourth-order valence-corrected chi connectivity index (χ4v) is 1.65. The van der Waals surface area contributed by atoms with Gasteiger partial charge in [0.1, 0.15) is 5.75 Å². The van der Waals surface area contributed by atoms with E-state index in [1.165, 1.54) is 0 Å². The van der Waals surface area contributed by atoms with Crippen LogP contribution in [0, 0.1) is 13.8 Å². The minimum absolute atomic E-state index is 0.613. The zero-order valence-corrected chi connectivity index (χ0v) is 10.8. The average Bonchev–Trinajstić information content (AvgIpc) is 2.34. The van der Waals surface area contributed by atoms with E-state index in [4.69, 9.17) is 10.5 Å². The Morgan fingerprint density at radius 1 is 1.17 bits per heavy atom. The normalized spacial score (nSPS) is 10.4. The van der Waals surface area contributed by atoms with Crippen LogP contribution in [-0.4, -0.2) is 22.3 Å². The molecule has 0 atom stereocenters. The molecule has 0 amide bonds. The number of nitrogens with two attached hydrogens (primary N) is 1. The van der Waals surface area contributed by atoms with Crippen LogP contribution in [0.1, 0.15) is 22.8 Å². The van der Waals surface area contributed by atoms with Crippen molar-refractivity contribution in [1.29, 1.82) is 0 Å². The molecule has 2 aromatic rings. The van der Waals surface area contributed by atoms with Crippen molar-refractivity contribution in [2.45, 2.75) is 20.3 Å². The topological polar surface area (TPSA) is 73.9 Å². The Hall–Kier alpha value is -2.17. The number of nitrogens with zero attached hydrogens (tertiary/aromatic N) is 3. The Labute approximate surface area is 106 Å². The molecule has 0 spiro atoms. The molecule has 5 nitrogen and oxygen atoms in total. The lowest BCUT2D eigenvalue weighted by molar-refractivity contribution is 0.417. The summed E-state index contributed by atoms with van der Waals surface area (Å²) in [4.78, 5) is 4.39. The second-order valence-corrected chi connectivity index (χ2v) is 4.15. The Bertz CT molecular complexity index is 569. The van der Waals surface area contributed by atoms with Gasteiger partial charge in [0.2, 0.25) is 0 Å². The fourth-order valence-electron chi connectivity index (χ4n) is 1.65. The molecule has 0 aliphatic carbocycles. The molecule has 0 bridgehead atoms. The summed E-state index contributed by atoms with van der Waals surface area (Å²) < 4.78 is 5.12. The van der Waals surface area contributed by atoms with Crippen molar-refractivity contribution < 1.29 is 4.74 Å². The number of methoxy groups -OCH3 is 1. The Balaban J connectivity index is 2.23. The molecule has 2 rings (SSSR count). The first-order valence-corrected chi connectivity index (χ1v) is 5.69. The minimum atomic E-state index is 0.613. The maximum Gasteiger partial charge on any atom is 0.155 e. The summed E-state index contributed by atoms with van der Waals surface area (Å²) in [5, 5.41) is 8.14. The molecule has 1 aromatic heterocycles. The summed E-state index contributed by atoms with van der Waals surface area (Å²) in [6.07, 6.45) is 0.613. The van der Waals surface area contributed by atoms with E-state index in [0.29, 0.717) is 23.7 Å². The lowest BCUT2D eigenvalue weighted by Gasteiger charge is -2.07. The van der Waals surface area contributed by atoms with E-state index in [9.17, 15) is 0 Å². The van der Waals surface area contributed by atoms with Crippen LogP contribution in [0.2, 0.25) is 0 Å². The van der Waals surface area contributed by atoms with Crippen molar-refractivity contribution in [2.24, 2.45) is 0 Å². The molecule has 0 fully saturated rings. The summed E-state index contributed by atoms with van der Waals surface area (Å²) in [5.41, 5.74) is 9.27. The highest BCUT2D eigenvalue weighted by Crippen LogP contribution is 2.22. The third-order valence-corrected chi connectivity index (χ3v) is 2.79. The number of nitrogen functional groups attached to an aromatic ring is 1. The van der Waals surface area contributed by atoms with Gasteiger partial charge < -0.3 is 10.5 Å². The zero-order valence-electron chi connectivity index (χ0n) is 10.8. The van der Waals surface area contributed by atoms with Gasteiger partial charge in [-0.05, 0) is 31.5 Å². The van der Waals surface area contributed by atoms with E-state index < -0.39 is 0 Å². The number of hydrogen-bond donors (Lipinski definition) is 1. The number of aryl methyl sites for hydroxylation is 2. The summed E-state index contributed by atoms with van der Waals surface area (Å²) in [6.45, 7) is 3.82. The van der Waals surface area contributed by atoms with Gasteiger partial charge in [-0.15, -0.1) is 5.10 Å². The standard InChI is InChI=1S/C13H16N4O/c1-8-9(2)16-17-13(15-8)7-10-4-5-12(18-3)11(14)6-10/h4-6H,7,14H2,1-3H3. The van der Waals surface area contributed by atoms with Gasteiger partial charge in [-0.3, -0.25) is 0 Å². The highest BCUT2D eigenvalue weighted by atomic mass is 16.5. The lowest BCUT2D eigenvalue weighted by Crippen LogP contribution is -2.04. The van der Waals surface area contributed by atoms with Gasteiger partial charge in [0.25, 0.3) is 0 Å². The molecule has 0 saturated carbocycles. The van der Waals surface area contributed by atoms with E-state index in [0.717, 1.165) is 17.0 Å². The van der Waals surface area contributed by atoms with Crippen LogP contribution in [0.3, 0.4) is 0 Å². The molecule has 18 heavy (non-hydrogen) atoms. The lowest BCUT2D eigenvalue weighted by atomic mass is 10.1. The highest BCUT2D eigenvalue weighted by Gasteiger charge is 2.05. The Morgan fingerprint density at radius 3 is 2.56 bits per heavy atom. The van der Waals surface area contributed by atoms with Gasteiger partial charge in [0.05, 0.1) is 24.2 Å². The van der Waals surface area contributed by atoms with Crippen molar-refractivity contribution in [1.82, 2.24) is 15.2 Å². The monoisotopic (exact) mass is 244 g/mol. The third kappa shape index (κ3) is 2.56. The maximum atomic E-state index is 5.86. The molecule has 0 unspecified atom stereocenters. The van der Waals surface area contributed by atoms with Crippen LogP contribution < -0.4 is 10.5 Å². The van der Waals surface area contributed by atoms with Gasteiger partial charge in [0, 0.05) is 6.42 Å². The van der Waals surface area contributed by atoms with Gasteiger partial charge in [-0.25, -0.2) is 4.98 Å². The number of ether oxygens (including phenoxy) is 1. The largest absolute Gasteiger partial charge is 0.495 e. The summed E-state index contributed by atoms with van der Waals surface area (Å²) in [7, 11) is 1.60. The predicted molar refractivity (Wildman–Crippen MR) is 69.5 cm³/mol. The van der Waals surface area contributed by atoms with Crippen LogP contribution in [0.4, 0.5) is 5.69 Å². The molecule has 5 heteroatoms. The van der Waals surface area contributed by atoms with Crippen LogP contribution in [0.15, 0.2) is 18.2 Å². The van der Waals surface area contributed by atoms with Crippen LogP contribution in [-0.2, 0) is 6.42 Å². The average molecular weight is 244 g/mol. The second kappa shape index (κ2) is 5.00. The number of hydrogen-bond acceptors (Lipinski definition) is 5. The quantitative estimate of drug-likeness (QED) is 0.831. The zero-order chi connectivity index (χ0) is 13.1. The highest BCUT2D eigenvalue weighted by molar-refractivity contribution is 5.54. The SMILES string of the molecule is COc1ccc(Cc2nnc(C)c(C)n2)cc1N. The van der Waals surface area contributed by atoms with Crippen LogP contribution in [0.5, 0.6) is 5.75 Å². The van der Waals surface area contributed by atoms with Gasteiger partial charge in [0.15, 0.2) is 5.82 Å². The summed E-state index contributed by atoms with van der Waals surface area (Å²) >= 11 is 0. The molecule has 0 aliphatic heterocycles. The first kappa shape index (κ1) is 12.3. The number of anilines is 1. The molecule has 1 aromatic carbocycles. The van der Waals surface area contributed by atoms with E-state index >= 15 is 0 Å². The van der Waals surface area contributed by atoms with Crippen molar-refractivity contribution in [3.05, 3.63) is 41.0 Å². The van der Waals surface area contributed by atoms with E-state index in [1.54, 1.807) is 7.11 Å². The van der Waals surface area contributed by atoms with E-state index in [2.05, 4.69) is 15.2 Å². The molecule has 94 valence electrons. The van der Waals surface area contributed by atoms with Crippen molar-refractivity contribution in [3.63, 3.8) is 0 Å². The van der Waals surface area contributed by atoms with Crippen molar-refractivity contribution in [3.8, 4) is 5.75 Å². The predicted octanol–water partition coefficient (Wildman–Crippen LogP) is 1.67. The number of benzene rings is 1. The van der Waals surface area contributed by atoms with Gasteiger partial charge in [-0.2, -0.15) is 5.10 Å². The summed E-state index contributed by atoms with van der Waals surface area (Å²) in [6, 6.07) is 5.67. The Kier molecular flexibility index (Phi) is 3.41. The molecule has 0 saturated heterocycles. The summed E-state index contributed by atoms with van der Waals surface area (Å²) in [5.74, 6) is 1.38. The van der Waals surface area contributed by atoms with Crippen LogP contribution in [0.25, 0.3) is 0 Å². The van der Waals surface area contributed by atoms with Gasteiger partial charge >= 0.3 is 0 Å². The molecule has 2 N–H and O–H groups in total. The van der Waals surface area contributed by atoms with E-state index in [-0.39, 0.29) is 0 Å². The number of rotatable bonds is 3. The minimum Gasteiger partial charge on any atom is -0.495 e. The molecule has 0 radical (unpaired) electrons. The van der Waals surface area contributed by atoms with Crippen molar-refractivity contribution >= 4 is 5.69 Å². The maximum absolute atomic E-state index is 5.86. The second-order valence-electron chi connectivity index (χ2n) is 4.15. The molecule has 1 heterocycles. The first-order valence-electron chi connectivity index (χ1n) is 5.69. The first-order chi connectivity index (χ1) is 8.60. The van der Waals surface area contributed by atoms with Crippen LogP contribution >= 0.6 is 0 Å². The molecular weight excluding hydrogens is 228 g/mol. The van der Waals surface area contributed by atoms with Gasteiger partial charge in [-0.1, -0.05) is 6.07 Å². The third-order valence-electron chi connectivity index (χ3n) is 2.79. The molecular formula is C13H16N4O. The molecule has 0 aliphatic rings. The Morgan fingerprint density at radius 2 is 1.94 bits per heavy atom.